The summed E-state index contributed by atoms with van der Waals surface area (Å²) in [5.41, 5.74) is 1.55. The molecule has 0 fully saturated rings. The number of rotatable bonds is 6. The van der Waals surface area contributed by atoms with Crippen LogP contribution in [-0.4, -0.2) is 30.9 Å². The van der Waals surface area contributed by atoms with Crippen LogP contribution in [0, 0.1) is 6.08 Å². The Morgan fingerprint density at radius 2 is 1.75 bits per heavy atom. The van der Waals surface area contributed by atoms with Gasteiger partial charge >= 0.3 is 0 Å². The maximum Gasteiger partial charge on any atom is 0.272 e. The second-order valence-electron chi connectivity index (χ2n) is 4.66. The van der Waals surface area contributed by atoms with Crippen LogP contribution >= 0.6 is 22.6 Å². The zero-order valence-electron chi connectivity index (χ0n) is 12.5. The maximum atomic E-state index is 12.8. The number of hydrogen-bond acceptors (Lipinski definition) is 2. The van der Waals surface area contributed by atoms with Crippen molar-refractivity contribution in [2.45, 2.75) is 12.9 Å². The van der Waals surface area contributed by atoms with E-state index >= 15 is 0 Å². The van der Waals surface area contributed by atoms with Crippen molar-refractivity contribution in [2.24, 2.45) is 0 Å². The molecule has 0 bridgehead atoms. The summed E-state index contributed by atoms with van der Waals surface area (Å²) in [4.78, 5) is 1.39. The van der Waals surface area contributed by atoms with Crippen molar-refractivity contribution in [1.82, 2.24) is 4.90 Å². The van der Waals surface area contributed by atoms with Gasteiger partial charge in [-0.25, -0.2) is 17.6 Å². The summed E-state index contributed by atoms with van der Waals surface area (Å²) < 4.78 is 55.5. The van der Waals surface area contributed by atoms with Gasteiger partial charge in [0, 0.05) is 32.7 Å². The second kappa shape index (κ2) is 9.92. The van der Waals surface area contributed by atoms with Gasteiger partial charge in [0.25, 0.3) is 12.9 Å². The van der Waals surface area contributed by atoms with Crippen LogP contribution in [0.15, 0.2) is 46.2 Å². The van der Waals surface area contributed by atoms with E-state index in [1.54, 1.807) is 18.2 Å². The molecular formula is C16H13F4INOY-. The number of alkyl halides is 4. The fourth-order valence-corrected chi connectivity index (χ4v) is 2.45. The SMILES string of the molecule is C=C1C(I)=C[C-]=C(c2ccc(OCC(F)F)cc2)N1CC(F)F.[Y]. The smallest absolute Gasteiger partial charge is 0.272 e. The molecule has 0 saturated heterocycles. The van der Waals surface area contributed by atoms with Crippen LogP contribution in [0.5, 0.6) is 5.75 Å². The zero-order valence-corrected chi connectivity index (χ0v) is 17.5. The monoisotopic (exact) mass is 527 g/mol. The minimum atomic E-state index is -2.55. The first kappa shape index (κ1) is 21.6. The number of allylic oxidation sites excluding steroid dienone is 3. The van der Waals surface area contributed by atoms with E-state index in [9.17, 15) is 17.6 Å². The van der Waals surface area contributed by atoms with E-state index < -0.39 is 26.0 Å². The number of hydrogen-bond donors (Lipinski definition) is 0. The number of halogens is 5. The first-order chi connectivity index (χ1) is 10.9. The van der Waals surface area contributed by atoms with Crippen LogP contribution in [0.1, 0.15) is 5.56 Å². The van der Waals surface area contributed by atoms with Crippen LogP contribution in [0.3, 0.4) is 0 Å². The van der Waals surface area contributed by atoms with Gasteiger partial charge in [-0.2, -0.15) is 12.2 Å². The fraction of sp³-hybridized carbons (Fsp3) is 0.250. The van der Waals surface area contributed by atoms with E-state index in [-0.39, 0.29) is 38.5 Å². The number of nitrogens with zero attached hydrogens (tertiary/aromatic N) is 1. The summed E-state index contributed by atoms with van der Waals surface area (Å²) in [6, 6.07) is 6.25. The van der Waals surface area contributed by atoms with Gasteiger partial charge in [-0.15, -0.1) is 34.7 Å². The largest absolute Gasteiger partial charge is 0.488 e. The zero-order chi connectivity index (χ0) is 17.0. The third-order valence-corrected chi connectivity index (χ3v) is 3.97. The van der Waals surface area contributed by atoms with Crippen molar-refractivity contribution in [3.8, 4) is 5.75 Å². The third kappa shape index (κ3) is 5.84. The molecule has 2 rings (SSSR count). The quantitative estimate of drug-likeness (QED) is 0.297. The predicted octanol–water partition coefficient (Wildman–Crippen LogP) is 4.89. The summed E-state index contributed by atoms with van der Waals surface area (Å²) in [5.74, 6) is 0.287. The van der Waals surface area contributed by atoms with E-state index in [1.807, 2.05) is 22.6 Å². The van der Waals surface area contributed by atoms with Crippen molar-refractivity contribution < 1.29 is 55.0 Å². The van der Waals surface area contributed by atoms with Crippen molar-refractivity contribution in [3.63, 3.8) is 0 Å². The Labute approximate surface area is 176 Å². The molecule has 0 aromatic heterocycles. The molecule has 0 unspecified atom stereocenters. The van der Waals surface area contributed by atoms with Gasteiger partial charge < -0.3 is 9.64 Å². The molecule has 0 spiro atoms. The standard InChI is InChI=1S/C16H13F4INO.Y/c1-10-13(21)6-7-14(22(10)8-15(17)18)11-2-4-12(5-3-11)23-9-16(19)20;/h2-6,15-16H,1,8-9H2;/q-1;. The first-order valence-corrected chi connectivity index (χ1v) is 7.72. The molecule has 2 nitrogen and oxygen atoms in total. The molecule has 0 aliphatic carbocycles. The summed E-state index contributed by atoms with van der Waals surface area (Å²) in [6.45, 7) is 2.63. The molecule has 1 aromatic carbocycles. The Kier molecular flexibility index (Phi) is 8.94. The summed E-state index contributed by atoms with van der Waals surface area (Å²) in [6.07, 6.45) is -0.456. The van der Waals surface area contributed by atoms with Gasteiger partial charge in [-0.1, -0.05) is 21.4 Å². The van der Waals surface area contributed by atoms with Crippen molar-refractivity contribution >= 4 is 28.3 Å². The minimum Gasteiger partial charge on any atom is -0.488 e. The Morgan fingerprint density at radius 1 is 1.12 bits per heavy atom. The molecule has 1 aliphatic rings. The number of ether oxygens (including phenoxy) is 1. The van der Waals surface area contributed by atoms with Crippen LogP contribution < -0.4 is 4.74 Å². The van der Waals surface area contributed by atoms with E-state index in [0.29, 0.717) is 17.0 Å². The second-order valence-corrected chi connectivity index (χ2v) is 5.82. The molecule has 1 radical (unpaired) electrons. The average molecular weight is 527 g/mol. The summed E-state index contributed by atoms with van der Waals surface area (Å²) >= 11 is 2.00. The average Bonchev–Trinajstić information content (AvgIpc) is 2.50. The molecule has 0 N–H and O–H groups in total. The number of benzene rings is 1. The van der Waals surface area contributed by atoms with Crippen LogP contribution in [0.25, 0.3) is 5.70 Å². The van der Waals surface area contributed by atoms with E-state index in [4.69, 9.17) is 4.74 Å². The molecule has 1 heterocycles. The molecular weight excluding hydrogens is 514 g/mol. The fourth-order valence-electron chi connectivity index (χ4n) is 2.00. The molecule has 0 saturated carbocycles. The van der Waals surface area contributed by atoms with E-state index in [0.717, 1.165) is 3.58 Å². The van der Waals surface area contributed by atoms with Crippen molar-refractivity contribution in [2.75, 3.05) is 13.2 Å². The Bertz CT molecular complexity index is 631. The Hall–Kier alpha value is -0.406. The topological polar surface area (TPSA) is 12.5 Å². The normalized spacial score (nSPS) is 14.5. The molecule has 24 heavy (non-hydrogen) atoms. The predicted molar refractivity (Wildman–Crippen MR) is 88.5 cm³/mol. The van der Waals surface area contributed by atoms with Gasteiger partial charge in [0.15, 0.2) is 0 Å². The van der Waals surface area contributed by atoms with Crippen molar-refractivity contribution in [1.29, 1.82) is 0 Å². The van der Waals surface area contributed by atoms with Crippen LogP contribution in [0.4, 0.5) is 17.6 Å². The van der Waals surface area contributed by atoms with Gasteiger partial charge in [0.05, 0.1) is 6.54 Å². The molecule has 0 amide bonds. The Balaban J connectivity index is 0.00000288. The third-order valence-electron chi connectivity index (χ3n) is 3.03. The molecule has 127 valence electrons. The molecule has 1 aromatic rings. The summed E-state index contributed by atoms with van der Waals surface area (Å²) in [5, 5.41) is 0. The molecule has 1 aliphatic heterocycles. The Morgan fingerprint density at radius 3 is 2.29 bits per heavy atom. The van der Waals surface area contributed by atoms with Gasteiger partial charge in [0.2, 0.25) is 0 Å². The van der Waals surface area contributed by atoms with Gasteiger partial charge in [-0.05, 0) is 17.8 Å². The van der Waals surface area contributed by atoms with Crippen molar-refractivity contribution in [3.05, 3.63) is 57.8 Å². The van der Waals surface area contributed by atoms with E-state index in [1.165, 1.54) is 17.0 Å². The summed E-state index contributed by atoms with van der Waals surface area (Å²) in [7, 11) is 0. The maximum absolute atomic E-state index is 12.8. The molecule has 0 atom stereocenters. The van der Waals surface area contributed by atoms with Gasteiger partial charge in [-0.3, -0.25) is 0 Å². The molecule has 8 heteroatoms. The van der Waals surface area contributed by atoms with E-state index in [2.05, 4.69) is 12.7 Å². The van der Waals surface area contributed by atoms with Gasteiger partial charge in [0.1, 0.15) is 12.4 Å². The van der Waals surface area contributed by atoms with Crippen LogP contribution in [-0.2, 0) is 32.7 Å². The first-order valence-electron chi connectivity index (χ1n) is 6.64. The minimum absolute atomic E-state index is 0. The van der Waals surface area contributed by atoms with Crippen LogP contribution in [0.2, 0.25) is 0 Å².